The first kappa shape index (κ1) is 19.8. The van der Waals surface area contributed by atoms with Crippen LogP contribution in [0.4, 0.5) is 5.82 Å². The van der Waals surface area contributed by atoms with Gasteiger partial charge in [-0.1, -0.05) is 0 Å². The van der Waals surface area contributed by atoms with Crippen LogP contribution in [0.1, 0.15) is 25.7 Å². The van der Waals surface area contributed by atoms with Crippen LogP contribution in [-0.4, -0.2) is 61.1 Å². The lowest BCUT2D eigenvalue weighted by atomic mass is 10.00. The van der Waals surface area contributed by atoms with Gasteiger partial charge in [0.2, 0.25) is 0 Å². The highest BCUT2D eigenvalue weighted by Gasteiger charge is 2.41. The molecule has 6 nitrogen and oxygen atoms in total. The van der Waals surface area contributed by atoms with Crippen LogP contribution in [-0.2, 0) is 4.74 Å². The third-order valence-electron chi connectivity index (χ3n) is 7.09. The van der Waals surface area contributed by atoms with E-state index in [1.54, 1.807) is 7.11 Å². The maximum absolute atomic E-state index is 5.51. The van der Waals surface area contributed by atoms with Crippen LogP contribution >= 0.6 is 0 Å². The second-order valence-corrected chi connectivity index (χ2v) is 9.14. The largest absolute Gasteiger partial charge is 0.497 e. The molecule has 2 saturated heterocycles. The molecule has 5 rings (SSSR count). The van der Waals surface area contributed by atoms with Crippen LogP contribution < -0.4 is 10.1 Å². The predicted octanol–water partition coefficient (Wildman–Crippen LogP) is 3.70. The molecule has 0 bridgehead atoms. The molecule has 1 saturated carbocycles. The second-order valence-electron chi connectivity index (χ2n) is 9.14. The zero-order valence-corrected chi connectivity index (χ0v) is 17.8. The van der Waals surface area contributed by atoms with Crippen LogP contribution in [0, 0.1) is 17.8 Å². The summed E-state index contributed by atoms with van der Waals surface area (Å²) in [6.07, 6.45) is 4.97. The summed E-state index contributed by atoms with van der Waals surface area (Å²) in [5.41, 5.74) is 1.94. The van der Waals surface area contributed by atoms with Crippen molar-refractivity contribution in [3.05, 3.63) is 36.4 Å². The fourth-order valence-electron chi connectivity index (χ4n) is 5.49. The molecule has 0 amide bonds. The van der Waals surface area contributed by atoms with Crippen molar-refractivity contribution in [1.82, 2.24) is 15.1 Å². The number of nitrogens with one attached hydrogen (secondary N) is 1. The van der Waals surface area contributed by atoms with E-state index in [-0.39, 0.29) is 0 Å². The van der Waals surface area contributed by atoms with Gasteiger partial charge >= 0.3 is 0 Å². The van der Waals surface area contributed by atoms with Gasteiger partial charge in [-0.3, -0.25) is 0 Å². The first-order valence-electron chi connectivity index (χ1n) is 11.3. The van der Waals surface area contributed by atoms with Gasteiger partial charge in [0.05, 0.1) is 12.8 Å². The highest BCUT2D eigenvalue weighted by Crippen LogP contribution is 2.39. The Morgan fingerprint density at radius 3 is 2.37 bits per heavy atom. The summed E-state index contributed by atoms with van der Waals surface area (Å²) < 4.78 is 10.7. The first-order chi connectivity index (χ1) is 14.8. The Morgan fingerprint density at radius 2 is 1.73 bits per heavy atom. The maximum Gasteiger partial charge on any atom is 0.148 e. The number of ether oxygens (including phenoxy) is 2. The van der Waals surface area contributed by atoms with Crippen LogP contribution in [0.2, 0.25) is 0 Å². The monoisotopic (exact) mass is 408 g/mol. The molecule has 3 atom stereocenters. The van der Waals surface area contributed by atoms with Gasteiger partial charge in [0, 0.05) is 44.5 Å². The van der Waals surface area contributed by atoms with E-state index < -0.39 is 0 Å². The van der Waals surface area contributed by atoms with E-state index in [0.29, 0.717) is 6.04 Å². The second kappa shape index (κ2) is 8.90. The number of likely N-dealkylation sites (tertiary alicyclic amines) is 1. The number of fused-ring (bicyclic) bond motifs is 1. The van der Waals surface area contributed by atoms with E-state index in [2.05, 4.69) is 26.5 Å². The van der Waals surface area contributed by atoms with E-state index >= 15 is 0 Å². The van der Waals surface area contributed by atoms with E-state index in [9.17, 15) is 0 Å². The molecule has 1 N–H and O–H groups in total. The SMILES string of the molecule is COc1ccc(-c2ccc(NC3C[C@@H]4CN(CC5CCOCC5)C[C@@H]4C3)nn2)cc1. The number of nitrogens with zero attached hydrogens (tertiary/aromatic N) is 3. The Kier molecular flexibility index (Phi) is 5.86. The van der Waals surface area contributed by atoms with Gasteiger partial charge in [-0.25, -0.2) is 0 Å². The molecule has 0 radical (unpaired) electrons. The zero-order valence-electron chi connectivity index (χ0n) is 17.8. The molecule has 1 aromatic carbocycles. The lowest BCUT2D eigenvalue weighted by molar-refractivity contribution is 0.0545. The van der Waals surface area contributed by atoms with Crippen LogP contribution in [0.3, 0.4) is 0 Å². The van der Waals surface area contributed by atoms with Gasteiger partial charge in [0.1, 0.15) is 11.6 Å². The van der Waals surface area contributed by atoms with Crippen LogP contribution in [0.15, 0.2) is 36.4 Å². The molecular formula is C24H32N4O2. The minimum absolute atomic E-state index is 0.520. The van der Waals surface area contributed by atoms with Gasteiger partial charge in [0.15, 0.2) is 0 Å². The fraction of sp³-hybridized carbons (Fsp3) is 0.583. The smallest absolute Gasteiger partial charge is 0.148 e. The summed E-state index contributed by atoms with van der Waals surface area (Å²) in [5.74, 6) is 4.23. The summed E-state index contributed by atoms with van der Waals surface area (Å²) in [4.78, 5) is 2.71. The third-order valence-corrected chi connectivity index (χ3v) is 7.09. The lowest BCUT2D eigenvalue weighted by Crippen LogP contribution is -2.32. The molecule has 3 heterocycles. The third kappa shape index (κ3) is 4.44. The van der Waals surface area contributed by atoms with Gasteiger partial charge in [-0.15, -0.1) is 10.2 Å². The molecule has 30 heavy (non-hydrogen) atoms. The highest BCUT2D eigenvalue weighted by atomic mass is 16.5. The summed E-state index contributed by atoms with van der Waals surface area (Å²) in [6.45, 7) is 5.71. The number of rotatable bonds is 6. The van der Waals surface area contributed by atoms with E-state index in [1.165, 1.54) is 45.3 Å². The predicted molar refractivity (Wildman–Crippen MR) is 118 cm³/mol. The van der Waals surface area contributed by atoms with Crippen molar-refractivity contribution in [3.8, 4) is 17.0 Å². The molecular weight excluding hydrogens is 376 g/mol. The molecule has 3 aliphatic rings. The number of methoxy groups -OCH3 is 1. The summed E-state index contributed by atoms with van der Waals surface area (Å²) in [7, 11) is 1.68. The first-order valence-corrected chi connectivity index (χ1v) is 11.3. The number of anilines is 1. The zero-order chi connectivity index (χ0) is 20.3. The average molecular weight is 409 g/mol. The Hall–Kier alpha value is -2.18. The molecule has 1 aliphatic carbocycles. The van der Waals surface area contributed by atoms with Crippen LogP contribution in [0.25, 0.3) is 11.3 Å². The minimum Gasteiger partial charge on any atom is -0.497 e. The quantitative estimate of drug-likeness (QED) is 0.787. The molecule has 2 aliphatic heterocycles. The number of aromatic nitrogens is 2. The standard InChI is InChI=1S/C24H32N4O2/c1-29-22-4-2-18(3-5-22)23-6-7-24(27-26-23)25-21-12-19-15-28(16-20(19)13-21)14-17-8-10-30-11-9-17/h2-7,17,19-21H,8-16H2,1H3,(H,25,27)/t19-,20+,21?. The summed E-state index contributed by atoms with van der Waals surface area (Å²) in [5, 5.41) is 12.5. The summed E-state index contributed by atoms with van der Waals surface area (Å²) in [6, 6.07) is 12.5. The fourth-order valence-corrected chi connectivity index (χ4v) is 5.49. The maximum atomic E-state index is 5.51. The van der Waals surface area contributed by atoms with Gasteiger partial charge in [-0.05, 0) is 79.8 Å². The Labute approximate surface area is 179 Å². The molecule has 3 fully saturated rings. The molecule has 1 aromatic heterocycles. The number of hydrogen-bond acceptors (Lipinski definition) is 6. The minimum atomic E-state index is 0.520. The molecule has 0 spiro atoms. The van der Waals surface area contributed by atoms with E-state index in [1.807, 2.05) is 30.3 Å². The van der Waals surface area contributed by atoms with Gasteiger partial charge in [0.25, 0.3) is 0 Å². The van der Waals surface area contributed by atoms with Crippen molar-refractivity contribution in [1.29, 1.82) is 0 Å². The van der Waals surface area contributed by atoms with Crippen molar-refractivity contribution in [2.75, 3.05) is 45.3 Å². The van der Waals surface area contributed by atoms with Crippen LogP contribution in [0.5, 0.6) is 5.75 Å². The normalized spacial score (nSPS) is 27.2. The number of hydrogen-bond donors (Lipinski definition) is 1. The Bertz CT molecular complexity index is 806. The highest BCUT2D eigenvalue weighted by molar-refractivity contribution is 5.60. The molecule has 1 unspecified atom stereocenters. The van der Waals surface area contributed by atoms with Crippen molar-refractivity contribution in [3.63, 3.8) is 0 Å². The van der Waals surface area contributed by atoms with E-state index in [0.717, 1.165) is 53.8 Å². The van der Waals surface area contributed by atoms with E-state index in [4.69, 9.17) is 9.47 Å². The Morgan fingerprint density at radius 1 is 1.00 bits per heavy atom. The molecule has 160 valence electrons. The van der Waals surface area contributed by atoms with Crippen molar-refractivity contribution in [2.24, 2.45) is 17.8 Å². The number of benzene rings is 1. The lowest BCUT2D eigenvalue weighted by Gasteiger charge is -2.27. The Balaban J connectivity index is 1.12. The average Bonchev–Trinajstić information content (AvgIpc) is 3.33. The van der Waals surface area contributed by atoms with Crippen molar-refractivity contribution < 1.29 is 9.47 Å². The molecule has 6 heteroatoms. The van der Waals surface area contributed by atoms with Crippen molar-refractivity contribution >= 4 is 5.82 Å². The summed E-state index contributed by atoms with van der Waals surface area (Å²) >= 11 is 0. The molecule has 2 aromatic rings. The van der Waals surface area contributed by atoms with Gasteiger partial charge in [-0.2, -0.15) is 0 Å². The topological polar surface area (TPSA) is 59.5 Å². The van der Waals surface area contributed by atoms with Gasteiger partial charge < -0.3 is 19.7 Å². The van der Waals surface area contributed by atoms with Crippen molar-refractivity contribution in [2.45, 2.75) is 31.7 Å².